The molecule has 0 unspecified atom stereocenters. The fraction of sp³-hybridized carbons (Fsp3) is 0.571. The molecule has 5 heteroatoms. The van der Waals surface area contributed by atoms with Crippen LogP contribution in [0.2, 0.25) is 0 Å². The molecule has 0 spiro atoms. The third-order valence-electron chi connectivity index (χ3n) is 3.97. The average molecular weight is 282 g/mol. The molecule has 0 saturated heterocycles. The molecule has 19 heavy (non-hydrogen) atoms. The molecule has 1 fully saturated rings. The Balaban J connectivity index is 2.17. The first-order chi connectivity index (χ1) is 8.88. The van der Waals surface area contributed by atoms with Gasteiger partial charge in [0, 0.05) is 11.7 Å². The van der Waals surface area contributed by atoms with Gasteiger partial charge in [-0.3, -0.25) is 0 Å². The van der Waals surface area contributed by atoms with E-state index in [0.29, 0.717) is 11.6 Å². The second kappa shape index (κ2) is 5.51. The molecule has 0 atom stereocenters. The molecule has 106 valence electrons. The van der Waals surface area contributed by atoms with Crippen molar-refractivity contribution in [3.8, 4) is 0 Å². The van der Waals surface area contributed by atoms with Crippen molar-refractivity contribution < 1.29 is 8.42 Å². The van der Waals surface area contributed by atoms with E-state index in [0.717, 1.165) is 24.4 Å². The minimum absolute atomic E-state index is 0.210. The molecule has 3 N–H and O–H groups in total. The van der Waals surface area contributed by atoms with E-state index in [9.17, 15) is 8.42 Å². The van der Waals surface area contributed by atoms with Crippen molar-refractivity contribution in [1.82, 2.24) is 0 Å². The van der Waals surface area contributed by atoms with Crippen LogP contribution in [0.25, 0.3) is 0 Å². The summed E-state index contributed by atoms with van der Waals surface area (Å²) in [4.78, 5) is 0.210. The van der Waals surface area contributed by atoms with Crippen molar-refractivity contribution in [2.75, 3.05) is 5.32 Å². The van der Waals surface area contributed by atoms with Crippen LogP contribution in [0.1, 0.15) is 38.2 Å². The molecule has 0 heterocycles. The molecular formula is C14H22N2O2S. The summed E-state index contributed by atoms with van der Waals surface area (Å²) in [5, 5.41) is 8.68. The molecule has 4 nitrogen and oxygen atoms in total. The lowest BCUT2D eigenvalue weighted by atomic mass is 9.87. The number of hydrogen-bond acceptors (Lipinski definition) is 3. The lowest BCUT2D eigenvalue weighted by Gasteiger charge is -2.28. The summed E-state index contributed by atoms with van der Waals surface area (Å²) in [7, 11) is -3.65. The van der Waals surface area contributed by atoms with E-state index in [1.54, 1.807) is 19.1 Å². The molecule has 0 amide bonds. The van der Waals surface area contributed by atoms with Crippen LogP contribution in [0, 0.1) is 12.8 Å². The van der Waals surface area contributed by atoms with Gasteiger partial charge in [-0.1, -0.05) is 13.0 Å². The van der Waals surface area contributed by atoms with E-state index < -0.39 is 10.0 Å². The van der Waals surface area contributed by atoms with Gasteiger partial charge in [-0.25, -0.2) is 13.6 Å². The summed E-state index contributed by atoms with van der Waals surface area (Å²) in [5.41, 5.74) is 1.59. The second-order valence-electron chi connectivity index (χ2n) is 5.57. The summed E-state index contributed by atoms with van der Waals surface area (Å²) in [6.45, 7) is 4.08. The number of nitrogens with one attached hydrogen (secondary N) is 1. The van der Waals surface area contributed by atoms with Gasteiger partial charge in [0.05, 0.1) is 4.90 Å². The maximum absolute atomic E-state index is 11.5. The summed E-state index contributed by atoms with van der Waals surface area (Å²) < 4.78 is 23.0. The van der Waals surface area contributed by atoms with Crippen LogP contribution >= 0.6 is 0 Å². The normalized spacial score (nSPS) is 24.2. The predicted octanol–water partition coefficient (Wildman–Crippen LogP) is 2.63. The van der Waals surface area contributed by atoms with Gasteiger partial charge >= 0.3 is 0 Å². The maximum Gasteiger partial charge on any atom is 0.238 e. The minimum atomic E-state index is -3.65. The van der Waals surface area contributed by atoms with Crippen molar-refractivity contribution in [2.45, 2.75) is 50.5 Å². The Morgan fingerprint density at radius 2 is 1.84 bits per heavy atom. The summed E-state index contributed by atoms with van der Waals surface area (Å²) in [6.07, 6.45) is 4.73. The van der Waals surface area contributed by atoms with Crippen LogP contribution in [-0.2, 0) is 10.0 Å². The third-order valence-corrected chi connectivity index (χ3v) is 5.02. The van der Waals surface area contributed by atoms with Gasteiger partial charge in [0.25, 0.3) is 0 Å². The molecule has 0 radical (unpaired) electrons. The lowest BCUT2D eigenvalue weighted by Crippen LogP contribution is -2.26. The summed E-state index contributed by atoms with van der Waals surface area (Å²) >= 11 is 0. The standard InChI is InChI=1S/C14H22N2O2S/c1-10-6-8-12(9-7-10)16-13-4-3-5-14(11(13)2)19(15,17)18/h3-5,10,12,16H,6-9H2,1-2H3,(H2,15,17,18). The van der Waals surface area contributed by atoms with Crippen molar-refractivity contribution in [3.63, 3.8) is 0 Å². The van der Waals surface area contributed by atoms with Crippen LogP contribution in [0.5, 0.6) is 0 Å². The largest absolute Gasteiger partial charge is 0.382 e. The Bertz CT molecular complexity index is 547. The smallest absolute Gasteiger partial charge is 0.238 e. The molecule has 1 aromatic rings. The van der Waals surface area contributed by atoms with E-state index in [1.807, 2.05) is 6.07 Å². The highest BCUT2D eigenvalue weighted by Gasteiger charge is 2.20. The van der Waals surface area contributed by atoms with Crippen molar-refractivity contribution in [3.05, 3.63) is 23.8 Å². The second-order valence-corrected chi connectivity index (χ2v) is 7.10. The topological polar surface area (TPSA) is 72.2 Å². The first kappa shape index (κ1) is 14.3. The number of primary sulfonamides is 1. The fourth-order valence-electron chi connectivity index (χ4n) is 2.70. The Kier molecular flexibility index (Phi) is 4.16. The predicted molar refractivity (Wildman–Crippen MR) is 77.6 cm³/mol. The van der Waals surface area contributed by atoms with Crippen LogP contribution in [0.15, 0.2) is 23.1 Å². The van der Waals surface area contributed by atoms with E-state index >= 15 is 0 Å². The fourth-order valence-corrected chi connectivity index (χ4v) is 3.51. The molecule has 2 rings (SSSR count). The Labute approximate surface area is 115 Å². The van der Waals surface area contributed by atoms with Crippen molar-refractivity contribution in [1.29, 1.82) is 0 Å². The molecule has 0 aliphatic heterocycles. The van der Waals surface area contributed by atoms with Crippen LogP contribution < -0.4 is 10.5 Å². The van der Waals surface area contributed by atoms with Gasteiger partial charge in [0.2, 0.25) is 10.0 Å². The van der Waals surface area contributed by atoms with Crippen LogP contribution in [0.4, 0.5) is 5.69 Å². The number of benzene rings is 1. The molecule has 1 aliphatic carbocycles. The molecule has 0 aromatic heterocycles. The van der Waals surface area contributed by atoms with Gasteiger partial charge < -0.3 is 5.32 Å². The first-order valence-corrected chi connectivity index (χ1v) is 8.31. The summed E-state index contributed by atoms with van der Waals surface area (Å²) in [6, 6.07) is 5.65. The zero-order chi connectivity index (χ0) is 14.0. The molecule has 0 bridgehead atoms. The van der Waals surface area contributed by atoms with Crippen molar-refractivity contribution >= 4 is 15.7 Å². The average Bonchev–Trinajstić information content (AvgIpc) is 2.33. The van der Waals surface area contributed by atoms with E-state index in [1.165, 1.54) is 12.8 Å². The van der Waals surface area contributed by atoms with Gasteiger partial charge in [0.15, 0.2) is 0 Å². The minimum Gasteiger partial charge on any atom is -0.382 e. The SMILES string of the molecule is Cc1c(NC2CCC(C)CC2)cccc1S(N)(=O)=O. The molecule has 1 aliphatic rings. The third kappa shape index (κ3) is 3.48. The Morgan fingerprint density at radius 1 is 1.21 bits per heavy atom. The number of nitrogens with two attached hydrogens (primary N) is 1. The number of hydrogen-bond donors (Lipinski definition) is 2. The van der Waals surface area contributed by atoms with Crippen molar-refractivity contribution in [2.24, 2.45) is 11.1 Å². The molecular weight excluding hydrogens is 260 g/mol. The van der Waals surface area contributed by atoms with Gasteiger partial charge in [-0.05, 0) is 56.2 Å². The van der Waals surface area contributed by atoms with Gasteiger partial charge in [-0.15, -0.1) is 0 Å². The van der Waals surface area contributed by atoms with E-state index in [-0.39, 0.29) is 4.90 Å². The molecule has 1 saturated carbocycles. The van der Waals surface area contributed by atoms with Crippen LogP contribution in [-0.4, -0.2) is 14.5 Å². The highest BCUT2D eigenvalue weighted by Crippen LogP contribution is 2.28. The first-order valence-electron chi connectivity index (χ1n) is 6.77. The number of sulfonamides is 1. The van der Waals surface area contributed by atoms with E-state index in [2.05, 4.69) is 12.2 Å². The lowest BCUT2D eigenvalue weighted by molar-refractivity contribution is 0.361. The molecule has 1 aromatic carbocycles. The zero-order valence-electron chi connectivity index (χ0n) is 11.5. The summed E-state index contributed by atoms with van der Waals surface area (Å²) in [5.74, 6) is 0.801. The van der Waals surface area contributed by atoms with Gasteiger partial charge in [-0.2, -0.15) is 0 Å². The van der Waals surface area contributed by atoms with Gasteiger partial charge in [0.1, 0.15) is 0 Å². The van der Waals surface area contributed by atoms with E-state index in [4.69, 9.17) is 5.14 Å². The Hall–Kier alpha value is -1.07. The number of anilines is 1. The zero-order valence-corrected chi connectivity index (χ0v) is 12.3. The Morgan fingerprint density at radius 3 is 2.42 bits per heavy atom. The maximum atomic E-state index is 11.5. The number of rotatable bonds is 3. The highest BCUT2D eigenvalue weighted by atomic mass is 32.2. The highest BCUT2D eigenvalue weighted by molar-refractivity contribution is 7.89. The van der Waals surface area contributed by atoms with Crippen LogP contribution in [0.3, 0.4) is 0 Å². The monoisotopic (exact) mass is 282 g/mol. The quantitative estimate of drug-likeness (QED) is 0.895.